The molecule has 0 fully saturated rings. The third kappa shape index (κ3) is 165. The number of aliphatic carboxylic acids is 2. The third-order valence-corrected chi connectivity index (χ3v) is 11.2. The third-order valence-electron chi connectivity index (χ3n) is 11.2. The van der Waals surface area contributed by atoms with Crippen LogP contribution in [0.15, 0.2) is 0 Å². The number of carboxylic acids is 2. The van der Waals surface area contributed by atoms with Gasteiger partial charge in [-0.05, 0) is 12.8 Å². The second-order valence-electron chi connectivity index (χ2n) is 21.0. The van der Waals surface area contributed by atoms with E-state index in [-0.39, 0.29) is 132 Å². The topological polar surface area (TPSA) is 682 Å². The molecule has 0 aliphatic rings. The van der Waals surface area contributed by atoms with Crippen molar-refractivity contribution in [3.05, 3.63) is 0 Å². The lowest BCUT2D eigenvalue weighted by atomic mass is 10.0. The van der Waals surface area contributed by atoms with Crippen LogP contribution in [0.5, 0.6) is 0 Å². The number of hydrogen-bond acceptors (Lipinski definition) is 32. The summed E-state index contributed by atoms with van der Waals surface area (Å²) in [6, 6.07) is 0. The fourth-order valence-electron chi connectivity index (χ4n) is 5.17. The summed E-state index contributed by atoms with van der Waals surface area (Å²) in [6.07, 6.45) is 25.0. The van der Waals surface area contributed by atoms with Crippen molar-refractivity contribution < 1.29 is 173 Å². The molecule has 34 heteroatoms. The van der Waals surface area contributed by atoms with Gasteiger partial charge in [-0.3, -0.25) is 9.59 Å². The van der Waals surface area contributed by atoms with Crippen molar-refractivity contribution in [1.82, 2.24) is 0 Å². The van der Waals surface area contributed by atoms with Crippen LogP contribution in [-0.2, 0) is 9.59 Å². The Morgan fingerprint density at radius 2 is 0.260 bits per heavy atom. The molecule has 0 rings (SSSR count). The second-order valence-corrected chi connectivity index (χ2v) is 21.0. The summed E-state index contributed by atoms with van der Waals surface area (Å²) in [7, 11) is 0. The summed E-state index contributed by atoms with van der Waals surface area (Å²) >= 11 is 0. The van der Waals surface area contributed by atoms with Crippen molar-refractivity contribution in [2.45, 2.75) is 255 Å². The van der Waals surface area contributed by atoms with E-state index in [2.05, 4.69) is 13.8 Å². The Hall–Kier alpha value is -2.26. The molecular weight excluding hydrogens is 1290 g/mol. The molecule has 0 aromatic carbocycles. The molecule has 0 atom stereocenters. The lowest BCUT2D eigenvalue weighted by molar-refractivity contribution is -0.138. The van der Waals surface area contributed by atoms with E-state index in [0.717, 1.165) is 25.7 Å². The van der Waals surface area contributed by atoms with Gasteiger partial charge >= 0.3 is 11.9 Å². The number of unbranched alkanes of at least 4 members (excludes halogenated alkanes) is 24. The molecule has 0 unspecified atom stereocenters. The van der Waals surface area contributed by atoms with Gasteiger partial charge in [0.1, 0.15) is 61.0 Å². The molecule has 596 valence electrons. The van der Waals surface area contributed by atoms with Crippen molar-refractivity contribution in [2.24, 2.45) is 0 Å². The molecule has 0 heterocycles. The molecular formula is C62H144O34. The number of carboxylic acid groups (broad SMARTS) is 2. The van der Waals surface area contributed by atoms with Crippen molar-refractivity contribution in [3.63, 3.8) is 0 Å². The van der Waals surface area contributed by atoms with Crippen LogP contribution >= 0.6 is 0 Å². The minimum atomic E-state index is -0.954. The number of carbonyl (C=O) groups is 2. The van der Waals surface area contributed by atoms with Crippen LogP contribution in [0.3, 0.4) is 0 Å². The van der Waals surface area contributed by atoms with Gasteiger partial charge in [-0.1, -0.05) is 168 Å². The van der Waals surface area contributed by atoms with E-state index in [1.165, 1.54) is 141 Å². The Kier molecular flexibility index (Phi) is 147. The molecule has 34 nitrogen and oxygen atoms in total. The van der Waals surface area contributed by atoms with E-state index in [4.69, 9.17) is 163 Å². The molecule has 0 bridgehead atoms. The molecule has 96 heavy (non-hydrogen) atoms. The molecule has 0 aromatic rings. The maximum absolute atomic E-state index is 10.3. The lowest BCUT2D eigenvalue weighted by Gasteiger charge is -2.02. The highest BCUT2D eigenvalue weighted by Gasteiger charge is 2.02. The normalized spacial score (nSPS) is 10.3. The first-order chi connectivity index (χ1) is 45.6. The van der Waals surface area contributed by atoms with Gasteiger partial charge in [-0.15, -0.1) is 0 Å². The van der Waals surface area contributed by atoms with Crippen molar-refractivity contribution in [1.29, 1.82) is 0 Å². The highest BCUT2D eigenvalue weighted by atomic mass is 16.4. The lowest BCUT2D eigenvalue weighted by Crippen LogP contribution is -2.15. The van der Waals surface area contributed by atoms with Crippen molar-refractivity contribution in [2.75, 3.05) is 132 Å². The number of aliphatic hydroxyl groups is 30. The number of rotatable bonds is 48. The second kappa shape index (κ2) is 117. The zero-order chi connectivity index (χ0) is 76.9. The summed E-state index contributed by atoms with van der Waals surface area (Å²) in [6.45, 7) is -2.77. The average molecular weight is 1430 g/mol. The first kappa shape index (κ1) is 121. The van der Waals surface area contributed by atoms with E-state index in [1.807, 2.05) is 0 Å². The standard InChI is InChI=1S/2C16H32O2.10C3H8O3/c2*1-2-3-4-5-6-7-8-9-10-11-12-13-14-15-16(17)18;10*4-1-3(6)2-5/h2*2-15H2,1H3,(H,17,18);10*3-6H,1-2H2. The van der Waals surface area contributed by atoms with E-state index in [9.17, 15) is 9.59 Å². The molecule has 0 aliphatic heterocycles. The summed E-state index contributed by atoms with van der Waals surface area (Å²) in [5, 5.41) is 257. The van der Waals surface area contributed by atoms with Gasteiger partial charge in [-0.25, -0.2) is 0 Å². The predicted molar refractivity (Wildman–Crippen MR) is 358 cm³/mol. The van der Waals surface area contributed by atoms with E-state index in [0.29, 0.717) is 12.8 Å². The molecule has 0 saturated carbocycles. The van der Waals surface area contributed by atoms with Crippen LogP contribution < -0.4 is 0 Å². The summed E-state index contributed by atoms with van der Waals surface area (Å²) in [5.41, 5.74) is 0. The first-order valence-corrected chi connectivity index (χ1v) is 33.0. The van der Waals surface area contributed by atoms with Gasteiger partial charge in [0.25, 0.3) is 0 Å². The highest BCUT2D eigenvalue weighted by Crippen LogP contribution is 2.14. The SMILES string of the molecule is CCCCCCCCCCCCCCCC(=O)O.CCCCCCCCCCCCCCCC(=O)O.OCC(O)CO.OCC(O)CO.OCC(O)CO.OCC(O)CO.OCC(O)CO.OCC(O)CO.OCC(O)CO.OCC(O)CO.OCC(O)CO.OCC(O)CO. The largest absolute Gasteiger partial charge is 0.481 e. The molecule has 0 aliphatic carbocycles. The molecule has 32 N–H and O–H groups in total. The van der Waals surface area contributed by atoms with Crippen molar-refractivity contribution >= 4 is 11.9 Å². The van der Waals surface area contributed by atoms with Gasteiger partial charge in [0.15, 0.2) is 0 Å². The molecule has 0 aromatic heterocycles. The van der Waals surface area contributed by atoms with Crippen LogP contribution in [0.4, 0.5) is 0 Å². The Morgan fingerprint density at radius 1 is 0.177 bits per heavy atom. The highest BCUT2D eigenvalue weighted by molar-refractivity contribution is 5.66. The van der Waals surface area contributed by atoms with Gasteiger partial charge in [-0.2, -0.15) is 0 Å². The number of hydrogen-bond donors (Lipinski definition) is 32. The molecule has 0 amide bonds. The maximum atomic E-state index is 10.3. The quantitative estimate of drug-likeness (QED) is 0.0253. The summed E-state index contributed by atoms with van der Waals surface area (Å²) in [4.78, 5) is 20.6. The van der Waals surface area contributed by atoms with Crippen LogP contribution in [0.25, 0.3) is 0 Å². The van der Waals surface area contributed by atoms with E-state index in [1.54, 1.807) is 0 Å². The van der Waals surface area contributed by atoms with E-state index < -0.39 is 73.0 Å². The fourth-order valence-corrected chi connectivity index (χ4v) is 5.17. The minimum absolute atomic E-state index is 0.345. The minimum Gasteiger partial charge on any atom is -0.481 e. The Morgan fingerprint density at radius 3 is 0.323 bits per heavy atom. The summed E-state index contributed by atoms with van der Waals surface area (Å²) < 4.78 is 0. The van der Waals surface area contributed by atoms with Gasteiger partial charge < -0.3 is 163 Å². The van der Waals surface area contributed by atoms with Crippen LogP contribution in [0.2, 0.25) is 0 Å². The fraction of sp³-hybridized carbons (Fsp3) is 0.968. The zero-order valence-electron chi connectivity index (χ0n) is 57.8. The zero-order valence-corrected chi connectivity index (χ0v) is 57.8. The Balaban J connectivity index is -0.0000000833. The summed E-state index contributed by atoms with van der Waals surface area (Å²) in [5.74, 6) is -1.31. The van der Waals surface area contributed by atoms with Gasteiger partial charge in [0.2, 0.25) is 0 Å². The Bertz CT molecular complexity index is 1000. The maximum Gasteiger partial charge on any atom is 0.303 e. The monoisotopic (exact) mass is 1430 g/mol. The predicted octanol–water partition coefficient (Wildman–Crippen LogP) is -5.58. The average Bonchev–Trinajstić information content (AvgIpc) is 3.62. The Labute approximate surface area is 570 Å². The first-order valence-electron chi connectivity index (χ1n) is 33.0. The molecule has 0 radical (unpaired) electrons. The van der Waals surface area contributed by atoms with Crippen LogP contribution in [0.1, 0.15) is 194 Å². The van der Waals surface area contributed by atoms with E-state index >= 15 is 0 Å². The molecule has 0 spiro atoms. The van der Waals surface area contributed by atoms with Gasteiger partial charge in [0.05, 0.1) is 132 Å². The van der Waals surface area contributed by atoms with Crippen LogP contribution in [0, 0.1) is 0 Å². The van der Waals surface area contributed by atoms with Crippen molar-refractivity contribution in [3.8, 4) is 0 Å². The molecule has 0 saturated heterocycles. The van der Waals surface area contributed by atoms with Gasteiger partial charge in [0, 0.05) is 12.8 Å². The number of aliphatic hydroxyl groups excluding tert-OH is 30. The van der Waals surface area contributed by atoms with Crippen LogP contribution in [-0.4, -0.2) is 369 Å². The smallest absolute Gasteiger partial charge is 0.303 e.